The summed E-state index contributed by atoms with van der Waals surface area (Å²) in [4.78, 5) is 26.0. The number of hydrogen-bond donors (Lipinski definition) is 1. The molecule has 1 amide bonds. The van der Waals surface area contributed by atoms with Crippen LogP contribution in [0.1, 0.15) is 30.3 Å². The number of aryl methyl sites for hydroxylation is 2. The van der Waals surface area contributed by atoms with E-state index in [1.807, 2.05) is 29.2 Å². The summed E-state index contributed by atoms with van der Waals surface area (Å²) >= 11 is 0. The van der Waals surface area contributed by atoms with Crippen molar-refractivity contribution in [1.82, 2.24) is 19.8 Å². The number of aromatic nitrogens is 2. The van der Waals surface area contributed by atoms with E-state index in [1.54, 1.807) is 0 Å². The normalized spacial score (nSPS) is 14.9. The minimum Gasteiger partial charge on any atom is -0.383 e. The number of rotatable bonds is 6. The highest BCUT2D eigenvalue weighted by Crippen LogP contribution is 2.18. The van der Waals surface area contributed by atoms with Gasteiger partial charge < -0.3 is 10.6 Å². The molecule has 1 aliphatic heterocycles. The number of piperazine rings is 1. The lowest BCUT2D eigenvalue weighted by Gasteiger charge is -2.34. The number of anilines is 1. The van der Waals surface area contributed by atoms with Gasteiger partial charge in [0.2, 0.25) is 5.91 Å². The maximum atomic E-state index is 12.6. The Morgan fingerprint density at radius 2 is 1.67 bits per heavy atom. The Balaban J connectivity index is 1.27. The van der Waals surface area contributed by atoms with Crippen LogP contribution in [0.15, 0.2) is 48.5 Å². The lowest BCUT2D eigenvalue weighted by atomic mass is 10.1. The second kappa shape index (κ2) is 9.22. The molecule has 1 fully saturated rings. The quantitative estimate of drug-likeness (QED) is 0.685. The predicted octanol–water partition coefficient (Wildman–Crippen LogP) is 3.05. The molecular formula is C24H29N5O. The Morgan fingerprint density at radius 3 is 2.40 bits per heavy atom. The van der Waals surface area contributed by atoms with Gasteiger partial charge in [0, 0.05) is 38.0 Å². The van der Waals surface area contributed by atoms with Gasteiger partial charge >= 0.3 is 0 Å². The zero-order chi connectivity index (χ0) is 20.9. The molecule has 2 aromatic carbocycles. The van der Waals surface area contributed by atoms with E-state index in [2.05, 4.69) is 46.1 Å². The number of carbonyl (C=O) groups is 1. The minimum atomic E-state index is 0.236. The molecule has 6 heteroatoms. The Labute approximate surface area is 177 Å². The van der Waals surface area contributed by atoms with Gasteiger partial charge in [-0.15, -0.1) is 0 Å². The second-order valence-electron chi connectivity index (χ2n) is 7.87. The molecule has 2 N–H and O–H groups in total. The molecule has 2 heterocycles. The molecule has 1 saturated heterocycles. The van der Waals surface area contributed by atoms with E-state index in [0.29, 0.717) is 18.8 Å². The molecule has 4 rings (SSSR count). The number of nitrogens with two attached hydrogens (primary N) is 1. The summed E-state index contributed by atoms with van der Waals surface area (Å²) in [5.41, 5.74) is 9.53. The van der Waals surface area contributed by atoms with Crippen LogP contribution in [0.3, 0.4) is 0 Å². The Hall–Kier alpha value is -2.99. The summed E-state index contributed by atoms with van der Waals surface area (Å²) in [5.74, 6) is 1.50. The van der Waals surface area contributed by atoms with Gasteiger partial charge in [0.25, 0.3) is 0 Å². The topological polar surface area (TPSA) is 75.4 Å². The Bertz CT molecular complexity index is 1010. The maximum absolute atomic E-state index is 12.6. The van der Waals surface area contributed by atoms with Gasteiger partial charge in [0.05, 0.1) is 12.1 Å². The van der Waals surface area contributed by atoms with Crippen molar-refractivity contribution >= 4 is 22.6 Å². The number of hydrogen-bond acceptors (Lipinski definition) is 5. The fourth-order valence-electron chi connectivity index (χ4n) is 3.93. The number of para-hydroxylation sites is 1. The Morgan fingerprint density at radius 1 is 0.967 bits per heavy atom. The van der Waals surface area contributed by atoms with Gasteiger partial charge in [-0.3, -0.25) is 9.69 Å². The average molecular weight is 404 g/mol. The molecule has 0 atom stereocenters. The molecule has 0 radical (unpaired) electrons. The molecule has 6 nitrogen and oxygen atoms in total. The predicted molar refractivity (Wildman–Crippen MR) is 120 cm³/mol. The van der Waals surface area contributed by atoms with Crippen molar-refractivity contribution in [1.29, 1.82) is 0 Å². The van der Waals surface area contributed by atoms with Gasteiger partial charge in [-0.1, -0.05) is 43.3 Å². The molecule has 156 valence electrons. The van der Waals surface area contributed by atoms with E-state index in [1.165, 1.54) is 11.1 Å². The fourth-order valence-corrected chi connectivity index (χ4v) is 3.93. The monoisotopic (exact) mass is 403 g/mol. The average Bonchev–Trinajstić information content (AvgIpc) is 2.78. The summed E-state index contributed by atoms with van der Waals surface area (Å²) < 4.78 is 0. The number of fused-ring (bicyclic) bond motifs is 1. The number of nitrogens with zero attached hydrogens (tertiary/aromatic N) is 4. The second-order valence-corrected chi connectivity index (χ2v) is 7.87. The molecular weight excluding hydrogens is 374 g/mol. The van der Waals surface area contributed by atoms with Crippen LogP contribution < -0.4 is 5.73 Å². The summed E-state index contributed by atoms with van der Waals surface area (Å²) in [6.07, 6.45) is 2.41. The number of nitrogen functional groups attached to an aromatic ring is 1. The molecule has 3 aromatic rings. The van der Waals surface area contributed by atoms with E-state index >= 15 is 0 Å². The van der Waals surface area contributed by atoms with Crippen LogP contribution in [0, 0.1) is 0 Å². The first-order valence-electron chi connectivity index (χ1n) is 10.7. The fraction of sp³-hybridized carbons (Fsp3) is 0.375. The van der Waals surface area contributed by atoms with Gasteiger partial charge in [-0.2, -0.15) is 0 Å². The molecule has 0 saturated carbocycles. The van der Waals surface area contributed by atoms with E-state index < -0.39 is 0 Å². The first-order chi connectivity index (χ1) is 14.6. The highest BCUT2D eigenvalue weighted by molar-refractivity contribution is 5.87. The summed E-state index contributed by atoms with van der Waals surface area (Å²) in [6, 6.07) is 16.4. The van der Waals surface area contributed by atoms with Crippen LogP contribution in [0.25, 0.3) is 10.9 Å². The van der Waals surface area contributed by atoms with Gasteiger partial charge in [0.1, 0.15) is 11.6 Å². The van der Waals surface area contributed by atoms with Crippen molar-refractivity contribution in [3.05, 3.63) is 65.5 Å². The van der Waals surface area contributed by atoms with Crippen LogP contribution >= 0.6 is 0 Å². The van der Waals surface area contributed by atoms with Crippen LogP contribution in [-0.2, 0) is 24.2 Å². The third-order valence-electron chi connectivity index (χ3n) is 5.83. The number of amides is 1. The summed E-state index contributed by atoms with van der Waals surface area (Å²) in [5, 5.41) is 0.890. The lowest BCUT2D eigenvalue weighted by Crippen LogP contribution is -2.48. The third-order valence-corrected chi connectivity index (χ3v) is 5.83. The first kappa shape index (κ1) is 20.3. The van der Waals surface area contributed by atoms with E-state index in [-0.39, 0.29) is 5.91 Å². The number of carbonyl (C=O) groups excluding carboxylic acids is 1. The van der Waals surface area contributed by atoms with E-state index in [4.69, 9.17) is 5.73 Å². The maximum Gasteiger partial charge on any atom is 0.222 e. The molecule has 0 spiro atoms. The number of benzene rings is 2. The van der Waals surface area contributed by atoms with Crippen LogP contribution in [-0.4, -0.2) is 51.9 Å². The lowest BCUT2D eigenvalue weighted by molar-refractivity contribution is -0.133. The van der Waals surface area contributed by atoms with Crippen molar-refractivity contribution < 1.29 is 4.79 Å². The minimum absolute atomic E-state index is 0.236. The molecule has 1 aromatic heterocycles. The van der Waals surface area contributed by atoms with Gasteiger partial charge in [0.15, 0.2) is 0 Å². The molecule has 0 aliphatic carbocycles. The van der Waals surface area contributed by atoms with Crippen molar-refractivity contribution in [3.8, 4) is 0 Å². The van der Waals surface area contributed by atoms with E-state index in [0.717, 1.165) is 55.7 Å². The van der Waals surface area contributed by atoms with Crippen molar-refractivity contribution in [2.75, 3.05) is 31.9 Å². The zero-order valence-corrected chi connectivity index (χ0v) is 17.6. The van der Waals surface area contributed by atoms with Crippen LogP contribution in [0.5, 0.6) is 0 Å². The molecule has 30 heavy (non-hydrogen) atoms. The highest BCUT2D eigenvalue weighted by atomic mass is 16.2. The summed E-state index contributed by atoms with van der Waals surface area (Å²) in [7, 11) is 0. The largest absolute Gasteiger partial charge is 0.383 e. The standard InChI is InChI=1S/C24H29N5O/c1-2-18-7-9-19(10-8-18)11-12-23(30)29-15-13-28(14-16-29)17-22-26-21-6-4-3-5-20(21)24(25)27-22/h3-10H,2,11-17H2,1H3,(H2,25,26,27). The van der Waals surface area contributed by atoms with Crippen molar-refractivity contribution in [2.45, 2.75) is 32.7 Å². The smallest absolute Gasteiger partial charge is 0.222 e. The third kappa shape index (κ3) is 4.76. The van der Waals surface area contributed by atoms with Gasteiger partial charge in [-0.25, -0.2) is 9.97 Å². The summed E-state index contributed by atoms with van der Waals surface area (Å²) in [6.45, 7) is 5.95. The van der Waals surface area contributed by atoms with Crippen LogP contribution in [0.2, 0.25) is 0 Å². The SMILES string of the molecule is CCc1ccc(CCC(=O)N2CCN(Cc3nc(N)c4ccccc4n3)CC2)cc1. The molecule has 0 unspecified atom stereocenters. The van der Waals surface area contributed by atoms with E-state index in [9.17, 15) is 4.79 Å². The van der Waals surface area contributed by atoms with Crippen LogP contribution in [0.4, 0.5) is 5.82 Å². The van der Waals surface area contributed by atoms with Crippen molar-refractivity contribution in [2.24, 2.45) is 0 Å². The Kier molecular flexibility index (Phi) is 6.23. The highest BCUT2D eigenvalue weighted by Gasteiger charge is 2.21. The first-order valence-corrected chi connectivity index (χ1v) is 10.7. The van der Waals surface area contributed by atoms with Crippen molar-refractivity contribution in [3.63, 3.8) is 0 Å². The zero-order valence-electron chi connectivity index (χ0n) is 17.6. The molecule has 0 bridgehead atoms. The van der Waals surface area contributed by atoms with Gasteiger partial charge in [-0.05, 0) is 36.1 Å². The molecule has 1 aliphatic rings.